The number of aliphatic hydroxyl groups excluding tert-OH is 1. The van der Waals surface area contributed by atoms with Crippen LogP contribution in [-0.4, -0.2) is 20.4 Å². The lowest BCUT2D eigenvalue weighted by molar-refractivity contribution is -0.0276. The molecule has 1 N–H and O–H groups in total. The van der Waals surface area contributed by atoms with Crippen LogP contribution in [-0.2, 0) is 0 Å². The maximum Gasteiger partial charge on any atom is 0.0761 e. The van der Waals surface area contributed by atoms with Crippen LogP contribution in [0.1, 0.15) is 33.1 Å². The molecule has 0 aliphatic heterocycles. The molecule has 2 aliphatic rings. The smallest absolute Gasteiger partial charge is 0.0761 e. The second-order valence-electron chi connectivity index (χ2n) is 5.40. The first-order valence-electron chi connectivity index (χ1n) is 5.21. The molecule has 2 rings (SSSR count). The van der Waals surface area contributed by atoms with E-state index < -0.39 is 6.10 Å². The molecule has 2 nitrogen and oxygen atoms in total. The molecule has 0 heterocycles. The summed E-state index contributed by atoms with van der Waals surface area (Å²) in [5.74, 6) is 0. The van der Waals surface area contributed by atoms with Gasteiger partial charge in [-0.1, -0.05) is 45.7 Å². The van der Waals surface area contributed by atoms with E-state index in [0.717, 1.165) is 12.8 Å². The Balaban J connectivity index is 2.52. The first kappa shape index (κ1) is 11.9. The van der Waals surface area contributed by atoms with Crippen LogP contribution < -0.4 is 0 Å². The second kappa shape index (κ2) is 3.21. The number of hydrogen-bond donors (Lipinski definition) is 1. The Hall–Kier alpha value is 0.410. The number of fused-ring (bicyclic) bond motifs is 2. The van der Waals surface area contributed by atoms with Gasteiger partial charge in [-0.05, 0) is 18.3 Å². The number of hydrogen-bond acceptors (Lipinski definition) is 2. The number of nitrogens with zero attached hydrogens (tertiary/aromatic N) is 1. The fourth-order valence-corrected chi connectivity index (χ4v) is 6.14. The number of halogens is 2. The van der Waals surface area contributed by atoms with E-state index in [4.69, 9.17) is 5.26 Å². The van der Waals surface area contributed by atoms with E-state index in [1.54, 1.807) is 0 Å². The van der Waals surface area contributed by atoms with Gasteiger partial charge >= 0.3 is 0 Å². The number of nitriles is 1. The summed E-state index contributed by atoms with van der Waals surface area (Å²) in [6.07, 6.45) is 2.07. The number of rotatable bonds is 1. The van der Waals surface area contributed by atoms with Crippen molar-refractivity contribution in [3.05, 3.63) is 0 Å². The zero-order valence-corrected chi connectivity index (χ0v) is 12.1. The van der Waals surface area contributed by atoms with E-state index in [2.05, 4.69) is 51.8 Å². The molecule has 0 aromatic carbocycles. The molecule has 0 aromatic rings. The molecule has 2 fully saturated rings. The molecule has 0 saturated heterocycles. The van der Waals surface area contributed by atoms with Crippen molar-refractivity contribution in [3.63, 3.8) is 0 Å². The van der Waals surface area contributed by atoms with Gasteiger partial charge in [0.1, 0.15) is 0 Å². The molecular weight excluding hydrogens is 322 g/mol. The van der Waals surface area contributed by atoms with Gasteiger partial charge in [0.2, 0.25) is 0 Å². The minimum Gasteiger partial charge on any atom is -0.391 e. The third kappa shape index (κ3) is 1.13. The molecule has 84 valence electrons. The summed E-state index contributed by atoms with van der Waals surface area (Å²) in [4.78, 5) is 0.183. The summed E-state index contributed by atoms with van der Waals surface area (Å²) >= 11 is 7.40. The molecule has 2 saturated carbocycles. The lowest BCUT2D eigenvalue weighted by atomic mass is 9.62. The summed E-state index contributed by atoms with van der Waals surface area (Å²) in [5, 5.41) is 19.4. The predicted molar refractivity (Wildman–Crippen MR) is 66.1 cm³/mol. The molecule has 2 aliphatic carbocycles. The van der Waals surface area contributed by atoms with Crippen molar-refractivity contribution in [1.82, 2.24) is 0 Å². The van der Waals surface area contributed by atoms with Crippen LogP contribution in [0.3, 0.4) is 0 Å². The molecule has 0 amide bonds. The van der Waals surface area contributed by atoms with Gasteiger partial charge < -0.3 is 5.11 Å². The zero-order chi connectivity index (χ0) is 11.5. The van der Waals surface area contributed by atoms with Gasteiger partial charge in [0.05, 0.1) is 16.5 Å². The van der Waals surface area contributed by atoms with Crippen molar-refractivity contribution >= 4 is 31.9 Å². The van der Waals surface area contributed by atoms with Crippen molar-refractivity contribution in [2.45, 2.75) is 48.4 Å². The highest BCUT2D eigenvalue weighted by molar-refractivity contribution is 9.12. The fourth-order valence-electron chi connectivity index (χ4n) is 3.47. The van der Waals surface area contributed by atoms with Crippen LogP contribution in [0.4, 0.5) is 0 Å². The Labute approximate surface area is 107 Å². The third-order valence-corrected chi connectivity index (χ3v) is 8.27. The van der Waals surface area contributed by atoms with Gasteiger partial charge in [0.25, 0.3) is 0 Å². The Morgan fingerprint density at radius 3 is 2.47 bits per heavy atom. The highest BCUT2D eigenvalue weighted by atomic mass is 79.9. The van der Waals surface area contributed by atoms with Gasteiger partial charge in [-0.3, -0.25) is 0 Å². The van der Waals surface area contributed by atoms with Crippen LogP contribution in [0, 0.1) is 22.2 Å². The lowest BCUT2D eigenvalue weighted by Crippen LogP contribution is -2.46. The van der Waals surface area contributed by atoms with Crippen molar-refractivity contribution < 1.29 is 5.11 Å². The van der Waals surface area contributed by atoms with Gasteiger partial charge in [0, 0.05) is 16.7 Å². The molecular formula is C11H15Br2NO. The topological polar surface area (TPSA) is 44.0 Å². The molecule has 0 aromatic heterocycles. The number of alkyl halides is 2. The summed E-state index contributed by atoms with van der Waals surface area (Å²) in [6.45, 7) is 4.15. The van der Waals surface area contributed by atoms with Crippen LogP contribution in [0.2, 0.25) is 0 Å². The molecule has 4 heteroatoms. The van der Waals surface area contributed by atoms with E-state index in [0.29, 0.717) is 6.42 Å². The van der Waals surface area contributed by atoms with E-state index in [9.17, 15) is 5.11 Å². The monoisotopic (exact) mass is 335 g/mol. The first-order valence-corrected chi connectivity index (χ1v) is 6.92. The molecule has 4 atom stereocenters. The molecule has 0 radical (unpaired) electrons. The molecule has 2 bridgehead atoms. The second-order valence-corrected chi connectivity index (χ2v) is 7.80. The van der Waals surface area contributed by atoms with E-state index >= 15 is 0 Å². The standard InChI is InChI=1S/C11H15Br2NO/c1-9(2)8(15)11(13)4-3-10(9,5-6-14)7(11)12/h7-8,15H,3-5H2,1-2H3/t7-,8-,10+,11+/m0/s1. The average Bonchev–Trinajstić information content (AvgIpc) is 2.48. The molecule has 0 unspecified atom stereocenters. The van der Waals surface area contributed by atoms with Gasteiger partial charge in [0.15, 0.2) is 0 Å². The quantitative estimate of drug-likeness (QED) is 0.748. The predicted octanol–water partition coefficient (Wildman–Crippen LogP) is 2.98. The van der Waals surface area contributed by atoms with Crippen LogP contribution in [0.5, 0.6) is 0 Å². The molecule has 15 heavy (non-hydrogen) atoms. The summed E-state index contributed by atoms with van der Waals surface area (Å²) in [7, 11) is 0. The average molecular weight is 337 g/mol. The van der Waals surface area contributed by atoms with E-state index in [1.165, 1.54) is 0 Å². The Morgan fingerprint density at radius 2 is 2.07 bits per heavy atom. The zero-order valence-electron chi connectivity index (χ0n) is 8.93. The third-order valence-electron chi connectivity index (χ3n) is 4.68. The summed E-state index contributed by atoms with van der Waals surface area (Å²) in [6, 6.07) is 2.29. The van der Waals surface area contributed by atoms with Crippen LogP contribution in [0.25, 0.3) is 0 Å². The normalized spacial score (nSPS) is 51.7. The van der Waals surface area contributed by atoms with Crippen molar-refractivity contribution in [2.24, 2.45) is 10.8 Å². The SMILES string of the molecule is CC1(C)[C@H](O)[C@@]2(Br)CC[C@@]1(CC#N)[C@@H]2Br. The first-order chi connectivity index (χ1) is 6.83. The summed E-state index contributed by atoms with van der Waals surface area (Å²) in [5.41, 5.74) is -0.302. The molecule has 0 spiro atoms. The highest BCUT2D eigenvalue weighted by Gasteiger charge is 2.73. The number of aliphatic hydroxyl groups is 1. The largest absolute Gasteiger partial charge is 0.391 e. The minimum absolute atomic E-state index is 0.0926. The van der Waals surface area contributed by atoms with Crippen molar-refractivity contribution in [3.8, 4) is 6.07 Å². The summed E-state index contributed by atoms with van der Waals surface area (Å²) < 4.78 is -0.243. The fraction of sp³-hybridized carbons (Fsp3) is 0.909. The van der Waals surface area contributed by atoms with Crippen LogP contribution in [0.15, 0.2) is 0 Å². The maximum atomic E-state index is 10.4. The Kier molecular flexibility index (Phi) is 2.54. The lowest BCUT2D eigenvalue weighted by Gasteiger charge is -2.44. The maximum absolute atomic E-state index is 10.4. The minimum atomic E-state index is -0.392. The van der Waals surface area contributed by atoms with Crippen molar-refractivity contribution in [2.75, 3.05) is 0 Å². The van der Waals surface area contributed by atoms with Gasteiger partial charge in [-0.15, -0.1) is 0 Å². The highest BCUT2D eigenvalue weighted by Crippen LogP contribution is 2.72. The van der Waals surface area contributed by atoms with Gasteiger partial charge in [-0.2, -0.15) is 5.26 Å². The van der Waals surface area contributed by atoms with Gasteiger partial charge in [-0.25, -0.2) is 0 Å². The van der Waals surface area contributed by atoms with E-state index in [1.807, 2.05) is 0 Å². The van der Waals surface area contributed by atoms with Crippen LogP contribution >= 0.6 is 31.9 Å². The van der Waals surface area contributed by atoms with E-state index in [-0.39, 0.29) is 20.0 Å². The Bertz CT molecular complexity index is 338. The van der Waals surface area contributed by atoms with Crippen molar-refractivity contribution in [1.29, 1.82) is 5.26 Å². The Morgan fingerprint density at radius 1 is 1.47 bits per heavy atom.